The summed E-state index contributed by atoms with van der Waals surface area (Å²) in [5, 5.41) is 9.92. The summed E-state index contributed by atoms with van der Waals surface area (Å²) in [5.41, 5.74) is 1.52. The van der Waals surface area contributed by atoms with Gasteiger partial charge in [0.05, 0.1) is 25.5 Å². The van der Waals surface area contributed by atoms with Crippen molar-refractivity contribution in [2.24, 2.45) is 0 Å². The van der Waals surface area contributed by atoms with E-state index in [4.69, 9.17) is 25.8 Å². The van der Waals surface area contributed by atoms with Gasteiger partial charge in [-0.2, -0.15) is 5.26 Å². The van der Waals surface area contributed by atoms with Gasteiger partial charge in [-0.05, 0) is 30.3 Å². The molecule has 0 unspecified atom stereocenters. The molecule has 0 saturated carbocycles. The van der Waals surface area contributed by atoms with Crippen LogP contribution in [0.15, 0.2) is 36.4 Å². The van der Waals surface area contributed by atoms with Crippen LogP contribution in [0.4, 0.5) is 5.69 Å². The summed E-state index contributed by atoms with van der Waals surface area (Å²) in [7, 11) is 3.24. The Morgan fingerprint density at radius 3 is 2.31 bits per heavy atom. The molecule has 6 heteroatoms. The van der Waals surface area contributed by atoms with E-state index < -0.39 is 0 Å². The Labute approximate surface area is 158 Å². The van der Waals surface area contributed by atoms with Crippen molar-refractivity contribution < 1.29 is 14.2 Å². The highest BCUT2D eigenvalue weighted by atomic mass is 35.5. The van der Waals surface area contributed by atoms with Crippen molar-refractivity contribution in [1.82, 2.24) is 0 Å². The van der Waals surface area contributed by atoms with Gasteiger partial charge in [-0.3, -0.25) is 0 Å². The lowest BCUT2D eigenvalue weighted by Gasteiger charge is -2.34. The number of methoxy groups -OCH3 is 2. The van der Waals surface area contributed by atoms with Gasteiger partial charge in [0.25, 0.3) is 0 Å². The molecule has 2 aromatic rings. The van der Waals surface area contributed by atoms with Crippen LogP contribution in [-0.4, -0.2) is 33.4 Å². The largest absolute Gasteiger partial charge is 0.493 e. The zero-order valence-corrected chi connectivity index (χ0v) is 15.6. The van der Waals surface area contributed by atoms with Crippen LogP contribution in [0.5, 0.6) is 17.2 Å². The summed E-state index contributed by atoms with van der Waals surface area (Å²) in [4.78, 5) is 2.20. The first-order valence-corrected chi connectivity index (χ1v) is 8.86. The number of ether oxygens (including phenoxy) is 3. The SMILES string of the molecule is COc1cccc(OC)c1OC1CCN(c2ccc(Cl)cc2C#N)CC1. The zero-order chi connectivity index (χ0) is 18.5. The third-order valence-electron chi connectivity index (χ3n) is 4.53. The number of hydrogen-bond acceptors (Lipinski definition) is 5. The third kappa shape index (κ3) is 3.81. The number of anilines is 1. The molecule has 0 spiro atoms. The monoisotopic (exact) mass is 372 g/mol. The van der Waals surface area contributed by atoms with E-state index in [0.717, 1.165) is 31.6 Å². The molecule has 1 aliphatic rings. The van der Waals surface area contributed by atoms with E-state index in [2.05, 4.69) is 11.0 Å². The van der Waals surface area contributed by atoms with Crippen molar-refractivity contribution in [3.8, 4) is 23.3 Å². The van der Waals surface area contributed by atoms with E-state index in [1.807, 2.05) is 30.3 Å². The molecule has 1 heterocycles. The fraction of sp³-hybridized carbons (Fsp3) is 0.350. The minimum atomic E-state index is 0.0642. The predicted molar refractivity (Wildman–Crippen MR) is 102 cm³/mol. The molecule has 0 aliphatic carbocycles. The molecule has 2 aromatic carbocycles. The van der Waals surface area contributed by atoms with Crippen LogP contribution in [0.25, 0.3) is 0 Å². The Morgan fingerprint density at radius 1 is 1.08 bits per heavy atom. The number of nitriles is 1. The minimum Gasteiger partial charge on any atom is -0.493 e. The minimum absolute atomic E-state index is 0.0642. The summed E-state index contributed by atoms with van der Waals surface area (Å²) in [6, 6.07) is 13.3. The summed E-state index contributed by atoms with van der Waals surface area (Å²) in [6.45, 7) is 1.61. The molecular formula is C20H21ClN2O3. The average molecular weight is 373 g/mol. The molecule has 0 aromatic heterocycles. The number of para-hydroxylation sites is 1. The number of benzene rings is 2. The Kier molecular flexibility index (Phi) is 5.75. The second-order valence-electron chi connectivity index (χ2n) is 6.07. The zero-order valence-electron chi connectivity index (χ0n) is 14.9. The van der Waals surface area contributed by atoms with Crippen LogP contribution in [0.3, 0.4) is 0 Å². The lowest BCUT2D eigenvalue weighted by Crippen LogP contribution is -2.38. The van der Waals surface area contributed by atoms with Gasteiger partial charge in [0.2, 0.25) is 5.75 Å². The van der Waals surface area contributed by atoms with Crippen molar-refractivity contribution in [2.75, 3.05) is 32.2 Å². The maximum atomic E-state index is 9.35. The Morgan fingerprint density at radius 2 is 1.73 bits per heavy atom. The van der Waals surface area contributed by atoms with Crippen molar-refractivity contribution in [2.45, 2.75) is 18.9 Å². The molecule has 0 radical (unpaired) electrons. The Bertz CT molecular complexity index is 789. The first kappa shape index (κ1) is 18.2. The van der Waals surface area contributed by atoms with E-state index in [9.17, 15) is 5.26 Å². The topological polar surface area (TPSA) is 54.7 Å². The van der Waals surface area contributed by atoms with Gasteiger partial charge in [0.15, 0.2) is 11.5 Å². The fourth-order valence-corrected chi connectivity index (χ4v) is 3.36. The molecule has 0 amide bonds. The molecule has 1 aliphatic heterocycles. The van der Waals surface area contributed by atoms with E-state index in [0.29, 0.717) is 27.8 Å². The molecule has 5 nitrogen and oxygen atoms in total. The second-order valence-corrected chi connectivity index (χ2v) is 6.51. The van der Waals surface area contributed by atoms with Gasteiger partial charge in [0, 0.05) is 31.0 Å². The highest BCUT2D eigenvalue weighted by molar-refractivity contribution is 6.30. The number of hydrogen-bond donors (Lipinski definition) is 0. The third-order valence-corrected chi connectivity index (χ3v) is 4.76. The van der Waals surface area contributed by atoms with Gasteiger partial charge in [-0.15, -0.1) is 0 Å². The molecular weight excluding hydrogens is 352 g/mol. The first-order chi connectivity index (χ1) is 12.7. The molecule has 136 valence electrons. The van der Waals surface area contributed by atoms with Crippen LogP contribution >= 0.6 is 11.6 Å². The lowest BCUT2D eigenvalue weighted by molar-refractivity contribution is 0.158. The standard InChI is InChI=1S/C20H21ClN2O3/c1-24-18-4-3-5-19(25-2)20(18)26-16-8-10-23(11-9-16)17-7-6-15(21)12-14(17)13-22/h3-7,12,16H,8-11H2,1-2H3. The normalized spacial score (nSPS) is 14.6. The van der Waals surface area contributed by atoms with Crippen LogP contribution < -0.4 is 19.1 Å². The van der Waals surface area contributed by atoms with Gasteiger partial charge in [-0.1, -0.05) is 17.7 Å². The molecule has 1 fully saturated rings. The van der Waals surface area contributed by atoms with Crippen molar-refractivity contribution in [1.29, 1.82) is 5.26 Å². The van der Waals surface area contributed by atoms with E-state index in [1.54, 1.807) is 20.3 Å². The Balaban J connectivity index is 1.70. The van der Waals surface area contributed by atoms with Crippen LogP contribution in [0, 0.1) is 11.3 Å². The summed E-state index contributed by atoms with van der Waals surface area (Å²) in [5.74, 6) is 1.97. The predicted octanol–water partition coefficient (Wildman–Crippen LogP) is 4.28. The van der Waals surface area contributed by atoms with Crippen molar-refractivity contribution in [3.63, 3.8) is 0 Å². The quantitative estimate of drug-likeness (QED) is 0.784. The van der Waals surface area contributed by atoms with Crippen LogP contribution in [0.2, 0.25) is 5.02 Å². The smallest absolute Gasteiger partial charge is 0.203 e. The van der Waals surface area contributed by atoms with E-state index >= 15 is 0 Å². The van der Waals surface area contributed by atoms with Gasteiger partial charge in [-0.25, -0.2) is 0 Å². The molecule has 26 heavy (non-hydrogen) atoms. The number of nitrogens with zero attached hydrogens (tertiary/aromatic N) is 2. The number of piperidine rings is 1. The second kappa shape index (κ2) is 8.20. The number of halogens is 1. The molecule has 1 saturated heterocycles. The summed E-state index contributed by atoms with van der Waals surface area (Å²) >= 11 is 5.99. The van der Waals surface area contributed by atoms with E-state index in [-0.39, 0.29) is 6.10 Å². The lowest BCUT2D eigenvalue weighted by atomic mass is 10.0. The summed E-state index contributed by atoms with van der Waals surface area (Å²) in [6.07, 6.45) is 1.75. The van der Waals surface area contributed by atoms with E-state index in [1.165, 1.54) is 0 Å². The Hall–Kier alpha value is -2.58. The molecule has 3 rings (SSSR count). The molecule has 0 atom stereocenters. The van der Waals surface area contributed by atoms with Gasteiger partial charge >= 0.3 is 0 Å². The van der Waals surface area contributed by atoms with Crippen LogP contribution in [0.1, 0.15) is 18.4 Å². The van der Waals surface area contributed by atoms with Crippen LogP contribution in [-0.2, 0) is 0 Å². The maximum absolute atomic E-state index is 9.35. The average Bonchev–Trinajstić information content (AvgIpc) is 2.68. The number of rotatable bonds is 5. The summed E-state index contributed by atoms with van der Waals surface area (Å²) < 4.78 is 17.0. The molecule has 0 bridgehead atoms. The first-order valence-electron chi connectivity index (χ1n) is 8.48. The highest BCUT2D eigenvalue weighted by Crippen LogP contribution is 2.38. The fourth-order valence-electron chi connectivity index (χ4n) is 3.19. The maximum Gasteiger partial charge on any atom is 0.203 e. The van der Waals surface area contributed by atoms with Gasteiger partial charge < -0.3 is 19.1 Å². The van der Waals surface area contributed by atoms with Crippen molar-refractivity contribution in [3.05, 3.63) is 47.0 Å². The van der Waals surface area contributed by atoms with Gasteiger partial charge in [0.1, 0.15) is 12.2 Å². The molecule has 0 N–H and O–H groups in total. The highest BCUT2D eigenvalue weighted by Gasteiger charge is 2.24. The van der Waals surface area contributed by atoms with Crippen molar-refractivity contribution >= 4 is 17.3 Å².